The fraction of sp³-hybridized carbons (Fsp3) is 0.316. The average Bonchev–Trinajstić information content (AvgIpc) is 2.71. The van der Waals surface area contributed by atoms with E-state index < -0.39 is 0 Å². The first-order chi connectivity index (χ1) is 13.2. The molecule has 1 aliphatic heterocycles. The number of thioether (sulfide) groups is 1. The van der Waals surface area contributed by atoms with Gasteiger partial charge in [-0.05, 0) is 41.1 Å². The molecular formula is C19H21ClN4O2S. The highest BCUT2D eigenvalue weighted by Gasteiger charge is 2.19. The fourth-order valence-electron chi connectivity index (χ4n) is 2.87. The van der Waals surface area contributed by atoms with Crippen LogP contribution in [0.2, 0.25) is 5.28 Å². The Bertz CT molecular complexity index is 825. The summed E-state index contributed by atoms with van der Waals surface area (Å²) in [6.07, 6.45) is 6.66. The number of rotatable bonds is 7. The second-order valence-electron chi connectivity index (χ2n) is 5.91. The number of nitrogens with one attached hydrogen (secondary N) is 1. The van der Waals surface area contributed by atoms with Gasteiger partial charge in [-0.1, -0.05) is 24.3 Å². The number of halogens is 1. The highest BCUT2D eigenvalue weighted by molar-refractivity contribution is 7.98. The predicted molar refractivity (Wildman–Crippen MR) is 110 cm³/mol. The van der Waals surface area contributed by atoms with Crippen LogP contribution in [-0.4, -0.2) is 48.9 Å². The van der Waals surface area contributed by atoms with E-state index in [0.29, 0.717) is 26.2 Å². The van der Waals surface area contributed by atoms with Crippen molar-refractivity contribution in [2.45, 2.75) is 11.4 Å². The lowest BCUT2D eigenvalue weighted by Gasteiger charge is -2.29. The molecule has 0 atom stereocenters. The third kappa shape index (κ3) is 5.22. The highest BCUT2D eigenvalue weighted by Crippen LogP contribution is 2.32. The van der Waals surface area contributed by atoms with Gasteiger partial charge in [-0.2, -0.15) is 4.98 Å². The van der Waals surface area contributed by atoms with Crippen molar-refractivity contribution in [3.63, 3.8) is 0 Å². The molecule has 0 bridgehead atoms. The zero-order chi connectivity index (χ0) is 19.1. The van der Waals surface area contributed by atoms with E-state index in [-0.39, 0.29) is 5.28 Å². The lowest BCUT2D eigenvalue weighted by Crippen LogP contribution is -2.37. The van der Waals surface area contributed by atoms with Crippen LogP contribution in [0, 0.1) is 0 Å². The van der Waals surface area contributed by atoms with E-state index in [1.807, 2.05) is 42.7 Å². The Hall–Kier alpha value is -2.09. The number of hydrogen-bond acceptors (Lipinski definition) is 6. The predicted octanol–water partition coefficient (Wildman–Crippen LogP) is 3.10. The van der Waals surface area contributed by atoms with Crippen LogP contribution in [-0.2, 0) is 16.1 Å². The maximum absolute atomic E-state index is 10.5. The lowest BCUT2D eigenvalue weighted by atomic mass is 10.1. The molecule has 2 heterocycles. The summed E-state index contributed by atoms with van der Waals surface area (Å²) < 4.78 is 5.43. The number of ether oxygens (including phenoxy) is 1. The van der Waals surface area contributed by atoms with Crippen LogP contribution in [0.4, 0.5) is 5.82 Å². The summed E-state index contributed by atoms with van der Waals surface area (Å²) in [6, 6.07) is 7.96. The third-order valence-corrected chi connectivity index (χ3v) is 5.10. The quantitative estimate of drug-likeness (QED) is 0.434. The van der Waals surface area contributed by atoms with E-state index in [1.165, 1.54) is 0 Å². The van der Waals surface area contributed by atoms with E-state index in [1.54, 1.807) is 11.8 Å². The zero-order valence-corrected chi connectivity index (χ0v) is 16.6. The number of anilines is 1. The lowest BCUT2D eigenvalue weighted by molar-refractivity contribution is -0.109. The molecule has 1 aliphatic rings. The first-order valence-corrected chi connectivity index (χ1v) is 10.2. The summed E-state index contributed by atoms with van der Waals surface area (Å²) in [7, 11) is 0. The molecule has 2 aromatic rings. The van der Waals surface area contributed by atoms with Crippen molar-refractivity contribution in [2.75, 3.05) is 37.5 Å². The summed E-state index contributed by atoms with van der Waals surface area (Å²) in [5.41, 5.74) is 2.85. The molecule has 1 aromatic carbocycles. The number of morpholine rings is 1. The Balaban J connectivity index is 1.88. The van der Waals surface area contributed by atoms with Crippen LogP contribution in [0.3, 0.4) is 0 Å². The van der Waals surface area contributed by atoms with Crippen molar-refractivity contribution >= 4 is 47.7 Å². The molecule has 0 saturated carbocycles. The van der Waals surface area contributed by atoms with Crippen molar-refractivity contribution in [1.29, 1.82) is 0 Å². The van der Waals surface area contributed by atoms with Gasteiger partial charge in [-0.3, -0.25) is 4.79 Å². The summed E-state index contributed by atoms with van der Waals surface area (Å²) in [5, 5.41) is 2.91. The molecule has 1 N–H and O–H groups in total. The Morgan fingerprint density at radius 1 is 1.30 bits per heavy atom. The second kappa shape index (κ2) is 9.73. The molecule has 1 fully saturated rings. The first-order valence-electron chi connectivity index (χ1n) is 8.59. The number of carbonyl (C=O) groups is 1. The highest BCUT2D eigenvalue weighted by atomic mass is 35.5. The van der Waals surface area contributed by atoms with Gasteiger partial charge in [0.05, 0.1) is 23.8 Å². The van der Waals surface area contributed by atoms with Crippen LogP contribution < -0.4 is 10.2 Å². The van der Waals surface area contributed by atoms with Crippen molar-refractivity contribution in [3.8, 4) is 0 Å². The van der Waals surface area contributed by atoms with Gasteiger partial charge in [0, 0.05) is 19.6 Å². The Morgan fingerprint density at radius 2 is 2.11 bits per heavy atom. The summed E-state index contributed by atoms with van der Waals surface area (Å²) in [6.45, 7) is 3.44. The largest absolute Gasteiger partial charge is 0.378 e. The zero-order valence-electron chi connectivity index (χ0n) is 15.0. The van der Waals surface area contributed by atoms with E-state index in [0.717, 1.165) is 40.6 Å². The van der Waals surface area contributed by atoms with E-state index in [2.05, 4.69) is 20.2 Å². The SMILES string of the molecule is CSc1c(/C=C/c2cccc(CNC=O)c2)nc(Cl)nc1N1CCOCC1. The smallest absolute Gasteiger partial charge is 0.224 e. The van der Waals surface area contributed by atoms with Crippen LogP contribution in [0.25, 0.3) is 12.2 Å². The van der Waals surface area contributed by atoms with Crippen molar-refractivity contribution in [3.05, 3.63) is 46.4 Å². The Morgan fingerprint density at radius 3 is 2.85 bits per heavy atom. The molecule has 0 aliphatic carbocycles. The van der Waals surface area contributed by atoms with Crippen LogP contribution >= 0.6 is 23.4 Å². The van der Waals surface area contributed by atoms with Crippen molar-refractivity contribution < 1.29 is 9.53 Å². The summed E-state index contributed by atoms with van der Waals surface area (Å²) in [4.78, 5) is 22.5. The normalized spacial score (nSPS) is 14.5. The summed E-state index contributed by atoms with van der Waals surface area (Å²) in [5.74, 6) is 0.856. The van der Waals surface area contributed by atoms with Gasteiger partial charge >= 0.3 is 0 Å². The molecule has 0 spiro atoms. The van der Waals surface area contributed by atoms with Gasteiger partial charge in [-0.25, -0.2) is 4.98 Å². The number of hydrogen-bond donors (Lipinski definition) is 1. The first kappa shape index (κ1) is 19.7. The molecule has 0 unspecified atom stereocenters. The molecule has 0 radical (unpaired) electrons. The molecule has 27 heavy (non-hydrogen) atoms. The van der Waals surface area contributed by atoms with Crippen LogP contribution in [0.5, 0.6) is 0 Å². The number of carbonyl (C=O) groups excluding carboxylic acids is 1. The average molecular weight is 405 g/mol. The number of aromatic nitrogens is 2. The maximum Gasteiger partial charge on any atom is 0.224 e. The second-order valence-corrected chi connectivity index (χ2v) is 7.07. The molecule has 8 heteroatoms. The van der Waals surface area contributed by atoms with Gasteiger partial charge in [0.2, 0.25) is 11.7 Å². The molecule has 1 saturated heterocycles. The number of nitrogens with zero attached hydrogens (tertiary/aromatic N) is 3. The van der Waals surface area contributed by atoms with Crippen LogP contribution in [0.1, 0.15) is 16.8 Å². The standard InChI is InChI=1S/C19H21ClN4O2S/c1-27-17-16(6-5-14-3-2-4-15(11-14)12-21-13-25)22-19(20)23-18(17)24-7-9-26-10-8-24/h2-6,11,13H,7-10,12H2,1H3,(H,21,25)/b6-5+. The molecule has 3 rings (SSSR count). The minimum atomic E-state index is 0.234. The third-order valence-electron chi connectivity index (χ3n) is 4.14. The molecular weight excluding hydrogens is 384 g/mol. The van der Waals surface area contributed by atoms with E-state index in [9.17, 15) is 4.79 Å². The maximum atomic E-state index is 10.5. The van der Waals surface area contributed by atoms with Gasteiger partial charge in [-0.15, -0.1) is 11.8 Å². The number of benzene rings is 1. The van der Waals surface area contributed by atoms with Crippen molar-refractivity contribution in [2.24, 2.45) is 0 Å². The Kier molecular flexibility index (Phi) is 7.09. The molecule has 1 amide bonds. The van der Waals surface area contributed by atoms with Gasteiger partial charge in [0.25, 0.3) is 0 Å². The molecule has 142 valence electrons. The van der Waals surface area contributed by atoms with Crippen LogP contribution in [0.15, 0.2) is 29.2 Å². The minimum absolute atomic E-state index is 0.234. The van der Waals surface area contributed by atoms with Gasteiger partial charge in [0.15, 0.2) is 0 Å². The molecule has 6 nitrogen and oxygen atoms in total. The van der Waals surface area contributed by atoms with Crippen molar-refractivity contribution in [1.82, 2.24) is 15.3 Å². The Labute approximate surface area is 168 Å². The molecule has 1 aromatic heterocycles. The number of amides is 1. The summed E-state index contributed by atoms with van der Waals surface area (Å²) >= 11 is 7.81. The monoisotopic (exact) mass is 404 g/mol. The van der Waals surface area contributed by atoms with E-state index >= 15 is 0 Å². The van der Waals surface area contributed by atoms with E-state index in [4.69, 9.17) is 16.3 Å². The van der Waals surface area contributed by atoms with Gasteiger partial charge < -0.3 is 15.0 Å². The minimum Gasteiger partial charge on any atom is -0.378 e. The topological polar surface area (TPSA) is 67.4 Å². The fourth-order valence-corrected chi connectivity index (χ4v) is 3.72. The van der Waals surface area contributed by atoms with Gasteiger partial charge in [0.1, 0.15) is 5.82 Å².